The van der Waals surface area contributed by atoms with Gasteiger partial charge in [0.15, 0.2) is 0 Å². The highest BCUT2D eigenvalue weighted by molar-refractivity contribution is 5.90. The van der Waals surface area contributed by atoms with Crippen LogP contribution in [0.25, 0.3) is 11.0 Å². The summed E-state index contributed by atoms with van der Waals surface area (Å²) in [5.41, 5.74) is 1.30. The van der Waals surface area contributed by atoms with Crippen LogP contribution in [0.2, 0.25) is 0 Å². The van der Waals surface area contributed by atoms with Crippen molar-refractivity contribution in [2.75, 3.05) is 30.4 Å². The molecule has 3 heterocycles. The zero-order chi connectivity index (χ0) is 21.3. The summed E-state index contributed by atoms with van der Waals surface area (Å²) in [4.78, 5) is 38.8. The van der Waals surface area contributed by atoms with Crippen LogP contribution < -0.4 is 10.2 Å². The highest BCUT2D eigenvalue weighted by Gasteiger charge is 2.32. The van der Waals surface area contributed by atoms with Gasteiger partial charge >= 0.3 is 6.03 Å². The molecule has 3 aromatic rings. The Hall–Kier alpha value is -3.69. The van der Waals surface area contributed by atoms with Crippen LogP contribution in [0.3, 0.4) is 0 Å². The molecule has 2 atom stereocenters. The van der Waals surface area contributed by atoms with E-state index in [2.05, 4.69) is 32.1 Å². The van der Waals surface area contributed by atoms with Crippen molar-refractivity contribution in [3.05, 3.63) is 53.0 Å². The molecular formula is C20H23N7O3. The Morgan fingerprint density at radius 2 is 2.07 bits per heavy atom. The average molecular weight is 409 g/mol. The molecule has 10 nitrogen and oxygen atoms in total. The largest absolute Gasteiger partial charge is 0.354 e. The van der Waals surface area contributed by atoms with E-state index in [0.717, 1.165) is 23.3 Å². The summed E-state index contributed by atoms with van der Waals surface area (Å²) >= 11 is 0. The van der Waals surface area contributed by atoms with E-state index >= 15 is 0 Å². The molecule has 156 valence electrons. The third-order valence-corrected chi connectivity index (χ3v) is 5.70. The maximum Gasteiger partial charge on any atom is 0.321 e. The maximum atomic E-state index is 12.8. The molecular weight excluding hydrogens is 386 g/mol. The fourth-order valence-electron chi connectivity index (χ4n) is 3.90. The molecule has 1 saturated heterocycles. The minimum Gasteiger partial charge on any atom is -0.354 e. The number of amides is 2. The summed E-state index contributed by atoms with van der Waals surface area (Å²) in [6.07, 6.45) is 4.24. The molecule has 30 heavy (non-hydrogen) atoms. The number of likely N-dealkylation sites (tertiary alicyclic amines) is 1. The SMILES string of the molecule is CC1CCN(C(=O)Nc2ccc([N+](=O)[O-])cc2)CC1N(C)c1ncnc2[nH]ccc12. The first-order valence-corrected chi connectivity index (χ1v) is 9.75. The third-order valence-electron chi connectivity index (χ3n) is 5.70. The number of carbonyl (C=O) groups excluding carboxylic acids is 1. The summed E-state index contributed by atoms with van der Waals surface area (Å²) in [5.74, 6) is 1.21. The summed E-state index contributed by atoms with van der Waals surface area (Å²) in [5, 5.41) is 14.6. The zero-order valence-electron chi connectivity index (χ0n) is 16.8. The summed E-state index contributed by atoms with van der Waals surface area (Å²) in [6, 6.07) is 7.65. The molecule has 4 rings (SSSR count). The Bertz CT molecular complexity index is 1070. The Kier molecular flexibility index (Phi) is 5.21. The minimum atomic E-state index is -0.466. The quantitative estimate of drug-likeness (QED) is 0.504. The number of anilines is 2. The molecule has 2 unspecified atom stereocenters. The van der Waals surface area contributed by atoms with Crippen molar-refractivity contribution in [1.29, 1.82) is 0 Å². The van der Waals surface area contributed by atoms with E-state index in [0.29, 0.717) is 24.7 Å². The zero-order valence-corrected chi connectivity index (χ0v) is 16.8. The number of H-pyrrole nitrogens is 1. The summed E-state index contributed by atoms with van der Waals surface area (Å²) in [6.45, 7) is 3.38. The van der Waals surface area contributed by atoms with Crippen LogP contribution in [0.15, 0.2) is 42.9 Å². The number of nitro benzene ring substituents is 1. The molecule has 1 aliphatic rings. The lowest BCUT2D eigenvalue weighted by molar-refractivity contribution is -0.384. The average Bonchev–Trinajstić information content (AvgIpc) is 3.23. The number of nitrogens with zero attached hydrogens (tertiary/aromatic N) is 5. The van der Waals surface area contributed by atoms with E-state index in [9.17, 15) is 14.9 Å². The molecule has 0 bridgehead atoms. The van der Waals surface area contributed by atoms with Crippen molar-refractivity contribution in [1.82, 2.24) is 19.9 Å². The fourth-order valence-corrected chi connectivity index (χ4v) is 3.90. The van der Waals surface area contributed by atoms with Crippen molar-refractivity contribution in [2.24, 2.45) is 5.92 Å². The van der Waals surface area contributed by atoms with Gasteiger partial charge in [-0.25, -0.2) is 14.8 Å². The minimum absolute atomic E-state index is 0.0117. The van der Waals surface area contributed by atoms with Gasteiger partial charge in [-0.1, -0.05) is 6.92 Å². The van der Waals surface area contributed by atoms with Crippen LogP contribution in [0.4, 0.5) is 22.0 Å². The Labute approximate surface area is 173 Å². The van der Waals surface area contributed by atoms with Crippen molar-refractivity contribution in [3.63, 3.8) is 0 Å². The normalized spacial score (nSPS) is 18.9. The van der Waals surface area contributed by atoms with Crippen LogP contribution in [-0.2, 0) is 0 Å². The molecule has 2 N–H and O–H groups in total. The van der Waals surface area contributed by atoms with Gasteiger partial charge in [0.2, 0.25) is 0 Å². The smallest absolute Gasteiger partial charge is 0.321 e. The lowest BCUT2D eigenvalue weighted by atomic mass is 9.92. The lowest BCUT2D eigenvalue weighted by Gasteiger charge is -2.42. The van der Waals surface area contributed by atoms with Crippen molar-refractivity contribution in [2.45, 2.75) is 19.4 Å². The number of piperidine rings is 1. The first-order chi connectivity index (χ1) is 14.4. The summed E-state index contributed by atoms with van der Waals surface area (Å²) < 4.78 is 0. The Morgan fingerprint density at radius 1 is 1.30 bits per heavy atom. The highest BCUT2D eigenvalue weighted by Crippen LogP contribution is 2.29. The number of hydrogen-bond acceptors (Lipinski definition) is 6. The predicted molar refractivity (Wildman–Crippen MR) is 114 cm³/mol. The van der Waals surface area contributed by atoms with Gasteiger partial charge in [0.05, 0.1) is 16.4 Å². The molecule has 2 aromatic heterocycles. The lowest BCUT2D eigenvalue weighted by Crippen LogP contribution is -2.53. The molecule has 1 fully saturated rings. The number of aromatic amines is 1. The molecule has 0 spiro atoms. The second-order valence-electron chi connectivity index (χ2n) is 7.56. The number of nitro groups is 1. The molecule has 0 aliphatic carbocycles. The molecule has 0 radical (unpaired) electrons. The van der Waals surface area contributed by atoms with Crippen LogP contribution in [0.1, 0.15) is 13.3 Å². The monoisotopic (exact) mass is 409 g/mol. The van der Waals surface area contributed by atoms with Gasteiger partial charge in [0.1, 0.15) is 17.8 Å². The molecule has 10 heteroatoms. The van der Waals surface area contributed by atoms with Gasteiger partial charge in [0.25, 0.3) is 5.69 Å². The van der Waals surface area contributed by atoms with Crippen LogP contribution in [0, 0.1) is 16.0 Å². The number of carbonyl (C=O) groups is 1. The molecule has 1 aromatic carbocycles. The van der Waals surface area contributed by atoms with Gasteiger partial charge in [-0.2, -0.15) is 0 Å². The van der Waals surface area contributed by atoms with Gasteiger partial charge in [-0.15, -0.1) is 0 Å². The molecule has 0 saturated carbocycles. The van der Waals surface area contributed by atoms with Crippen molar-refractivity contribution < 1.29 is 9.72 Å². The number of benzene rings is 1. The highest BCUT2D eigenvalue weighted by atomic mass is 16.6. The molecule has 1 aliphatic heterocycles. The standard InChI is InChI=1S/C20H23N7O3/c1-13-8-10-26(20(28)24-14-3-5-15(6-4-14)27(29)30)11-17(13)25(2)19-16-7-9-21-18(16)22-12-23-19/h3-7,9,12-13,17H,8,10-11H2,1-2H3,(H,24,28)(H,21,22,23). The first-order valence-electron chi connectivity index (χ1n) is 9.75. The van der Waals surface area contributed by atoms with Crippen LogP contribution in [-0.4, -0.2) is 57.0 Å². The van der Waals surface area contributed by atoms with E-state index in [1.54, 1.807) is 4.90 Å². The van der Waals surface area contributed by atoms with Gasteiger partial charge in [-0.3, -0.25) is 10.1 Å². The van der Waals surface area contributed by atoms with Gasteiger partial charge < -0.3 is 20.1 Å². The number of aromatic nitrogens is 3. The summed E-state index contributed by atoms with van der Waals surface area (Å²) in [7, 11) is 1.99. The maximum absolute atomic E-state index is 12.8. The second-order valence-corrected chi connectivity index (χ2v) is 7.56. The number of rotatable bonds is 4. The number of fused-ring (bicyclic) bond motifs is 1. The van der Waals surface area contributed by atoms with E-state index < -0.39 is 4.92 Å². The number of hydrogen-bond donors (Lipinski definition) is 2. The number of non-ortho nitro benzene ring substituents is 1. The first kappa shape index (κ1) is 19.6. The second kappa shape index (κ2) is 7.97. The van der Waals surface area contributed by atoms with Crippen LogP contribution in [0.5, 0.6) is 0 Å². The third kappa shape index (κ3) is 3.76. The number of likely N-dealkylation sites (N-methyl/N-ethyl adjacent to an activating group) is 1. The predicted octanol–water partition coefficient (Wildman–Crippen LogP) is 3.24. The number of urea groups is 1. The van der Waals surface area contributed by atoms with Gasteiger partial charge in [-0.05, 0) is 30.5 Å². The topological polar surface area (TPSA) is 120 Å². The molecule has 2 amide bonds. The Balaban J connectivity index is 1.48. The van der Waals surface area contributed by atoms with E-state index in [4.69, 9.17) is 0 Å². The van der Waals surface area contributed by atoms with E-state index in [1.165, 1.54) is 30.6 Å². The van der Waals surface area contributed by atoms with E-state index in [1.807, 2.05) is 19.3 Å². The van der Waals surface area contributed by atoms with Gasteiger partial charge in [0, 0.05) is 44.2 Å². The number of nitrogens with one attached hydrogen (secondary N) is 2. The fraction of sp³-hybridized carbons (Fsp3) is 0.350. The van der Waals surface area contributed by atoms with Crippen LogP contribution >= 0.6 is 0 Å². The van der Waals surface area contributed by atoms with E-state index in [-0.39, 0.29) is 17.8 Å². The Morgan fingerprint density at radius 3 is 2.80 bits per heavy atom. The van der Waals surface area contributed by atoms with Crippen molar-refractivity contribution in [3.8, 4) is 0 Å². The van der Waals surface area contributed by atoms with Crippen molar-refractivity contribution >= 4 is 34.3 Å².